The number of nitrogens with zero attached hydrogens (tertiary/aromatic N) is 3. The number of hydroxylamine groups is 2. The number of rotatable bonds is 4. The Balaban J connectivity index is 1.79. The van der Waals surface area contributed by atoms with Gasteiger partial charge in [0.2, 0.25) is 0 Å². The van der Waals surface area contributed by atoms with E-state index in [0.717, 1.165) is 22.6 Å². The van der Waals surface area contributed by atoms with Gasteiger partial charge in [0.05, 0.1) is 25.5 Å². The van der Waals surface area contributed by atoms with Crippen molar-refractivity contribution in [3.05, 3.63) is 58.6 Å². The highest BCUT2D eigenvalue weighted by Gasteiger charge is 2.34. The molecule has 2 aromatic rings. The Labute approximate surface area is 174 Å². The van der Waals surface area contributed by atoms with E-state index in [1.54, 1.807) is 33.3 Å². The van der Waals surface area contributed by atoms with E-state index >= 15 is 0 Å². The molecule has 3 heterocycles. The van der Waals surface area contributed by atoms with Crippen LogP contribution in [0.1, 0.15) is 23.9 Å². The summed E-state index contributed by atoms with van der Waals surface area (Å²) >= 11 is 0. The molecule has 8 heteroatoms. The molecule has 4 rings (SSSR count). The van der Waals surface area contributed by atoms with E-state index < -0.39 is 5.91 Å². The molecule has 2 aliphatic rings. The second-order valence-electron chi connectivity index (χ2n) is 7.02. The molecule has 8 nitrogen and oxygen atoms in total. The summed E-state index contributed by atoms with van der Waals surface area (Å²) in [6.07, 6.45) is 3.30. The molecular formula is C22H22N4O4. The van der Waals surface area contributed by atoms with Crippen LogP contribution in [0.15, 0.2) is 46.7 Å². The number of hydrogen-bond acceptors (Lipinski definition) is 5. The largest absolute Gasteiger partial charge is 0.497 e. The third-order valence-corrected chi connectivity index (χ3v) is 5.08. The summed E-state index contributed by atoms with van der Waals surface area (Å²) in [6, 6.07) is 7.53. The Kier molecular flexibility index (Phi) is 4.69. The van der Waals surface area contributed by atoms with Gasteiger partial charge in [0.25, 0.3) is 5.91 Å². The molecule has 1 N–H and O–H groups in total. The fraction of sp³-hybridized carbons (Fsp3) is 0.227. The summed E-state index contributed by atoms with van der Waals surface area (Å²) in [5.74, 6) is 1.80. The number of benzene rings is 1. The van der Waals surface area contributed by atoms with Gasteiger partial charge in [0.1, 0.15) is 17.3 Å². The van der Waals surface area contributed by atoms with Crippen LogP contribution in [0.4, 0.5) is 0 Å². The first-order valence-electron chi connectivity index (χ1n) is 9.35. The number of hydrogen-bond donors (Lipinski definition) is 1. The Bertz CT molecular complexity index is 1170. The number of fused-ring (bicyclic) bond motifs is 1. The average molecular weight is 406 g/mol. The van der Waals surface area contributed by atoms with Crippen molar-refractivity contribution in [2.45, 2.75) is 20.8 Å². The van der Waals surface area contributed by atoms with Gasteiger partial charge in [-0.15, -0.1) is 5.06 Å². The Hall–Kier alpha value is -3.81. The lowest BCUT2D eigenvalue weighted by molar-refractivity contribution is -0.114. The van der Waals surface area contributed by atoms with Crippen molar-refractivity contribution in [3.8, 4) is 17.2 Å². The van der Waals surface area contributed by atoms with Crippen molar-refractivity contribution >= 4 is 23.7 Å². The minimum absolute atomic E-state index is 0.0399. The molecule has 0 saturated heterocycles. The predicted octanol–water partition coefficient (Wildman–Crippen LogP) is 3.56. The van der Waals surface area contributed by atoms with Gasteiger partial charge in [0, 0.05) is 23.5 Å². The molecule has 0 bridgehead atoms. The number of carbonyl (C=O) groups is 1. The third kappa shape index (κ3) is 3.06. The Morgan fingerprint density at radius 2 is 1.90 bits per heavy atom. The molecule has 1 aromatic carbocycles. The second kappa shape index (κ2) is 7.22. The summed E-state index contributed by atoms with van der Waals surface area (Å²) in [6.45, 7) is 5.66. The van der Waals surface area contributed by atoms with Gasteiger partial charge < -0.3 is 18.9 Å². The maximum absolute atomic E-state index is 12.6. The molecule has 0 atom stereocenters. The summed E-state index contributed by atoms with van der Waals surface area (Å²) in [5.41, 5.74) is 3.62. The van der Waals surface area contributed by atoms with Gasteiger partial charge in [-0.3, -0.25) is 10.2 Å². The number of amides is 1. The van der Waals surface area contributed by atoms with Crippen LogP contribution in [0.3, 0.4) is 0 Å². The quantitative estimate of drug-likeness (QED) is 0.785. The number of allylic oxidation sites excluding steroid dienone is 1. The first kappa shape index (κ1) is 19.5. The average Bonchev–Trinajstić information content (AvgIpc) is 3.23. The highest BCUT2D eigenvalue weighted by Crippen LogP contribution is 2.32. The fourth-order valence-electron chi connectivity index (χ4n) is 3.63. The highest BCUT2D eigenvalue weighted by molar-refractivity contribution is 6.32. The molecule has 0 fully saturated rings. The highest BCUT2D eigenvalue weighted by atomic mass is 16.7. The van der Waals surface area contributed by atoms with E-state index in [1.165, 1.54) is 5.06 Å². The monoisotopic (exact) mass is 406 g/mol. The first-order valence-corrected chi connectivity index (χ1v) is 9.35. The molecular weight excluding hydrogens is 384 g/mol. The summed E-state index contributed by atoms with van der Waals surface area (Å²) in [5, 5.41) is 9.67. The number of methoxy groups -OCH3 is 2. The van der Waals surface area contributed by atoms with E-state index in [9.17, 15) is 4.79 Å². The lowest BCUT2D eigenvalue weighted by atomic mass is 10.1. The number of aromatic nitrogens is 1. The topological polar surface area (TPSA) is 89.1 Å². The minimum Gasteiger partial charge on any atom is -0.497 e. The maximum Gasteiger partial charge on any atom is 0.282 e. The summed E-state index contributed by atoms with van der Waals surface area (Å²) in [7, 11) is 3.23. The summed E-state index contributed by atoms with van der Waals surface area (Å²) in [4.78, 5) is 22.1. The van der Waals surface area contributed by atoms with Crippen LogP contribution >= 0.6 is 0 Å². The van der Waals surface area contributed by atoms with Crippen LogP contribution in [0, 0.1) is 19.3 Å². The van der Waals surface area contributed by atoms with Gasteiger partial charge >= 0.3 is 0 Å². The van der Waals surface area contributed by atoms with E-state index in [4.69, 9.17) is 19.7 Å². The zero-order valence-electron chi connectivity index (χ0n) is 17.4. The van der Waals surface area contributed by atoms with E-state index in [1.807, 2.05) is 42.7 Å². The van der Waals surface area contributed by atoms with E-state index in [-0.39, 0.29) is 11.4 Å². The van der Waals surface area contributed by atoms with Crippen LogP contribution in [-0.2, 0) is 9.63 Å². The molecule has 0 spiro atoms. The predicted molar refractivity (Wildman–Crippen MR) is 113 cm³/mol. The van der Waals surface area contributed by atoms with Crippen molar-refractivity contribution < 1.29 is 19.1 Å². The van der Waals surface area contributed by atoms with Crippen LogP contribution in [0.25, 0.3) is 11.8 Å². The molecule has 0 radical (unpaired) electrons. The van der Waals surface area contributed by atoms with E-state index in [0.29, 0.717) is 23.1 Å². The van der Waals surface area contributed by atoms with Crippen LogP contribution in [-0.4, -0.2) is 41.4 Å². The minimum atomic E-state index is -0.468. The van der Waals surface area contributed by atoms with Crippen LogP contribution < -0.4 is 9.47 Å². The van der Waals surface area contributed by atoms with Gasteiger partial charge in [0.15, 0.2) is 11.7 Å². The molecule has 30 heavy (non-hydrogen) atoms. The van der Waals surface area contributed by atoms with Crippen molar-refractivity contribution in [2.24, 2.45) is 4.99 Å². The molecule has 0 saturated carbocycles. The molecule has 2 aliphatic heterocycles. The lowest BCUT2D eigenvalue weighted by Crippen LogP contribution is -2.38. The fourth-order valence-corrected chi connectivity index (χ4v) is 3.63. The number of nitrogens with one attached hydrogen (secondary N) is 1. The zero-order valence-corrected chi connectivity index (χ0v) is 17.4. The lowest BCUT2D eigenvalue weighted by Gasteiger charge is -2.23. The first-order chi connectivity index (χ1) is 14.3. The number of amidine groups is 2. The zero-order chi connectivity index (χ0) is 21.6. The number of aryl methyl sites for hydroxylation is 1. The van der Waals surface area contributed by atoms with Gasteiger partial charge in [-0.1, -0.05) is 0 Å². The Morgan fingerprint density at radius 3 is 2.60 bits per heavy atom. The van der Waals surface area contributed by atoms with Gasteiger partial charge in [-0.2, -0.15) is 4.99 Å². The van der Waals surface area contributed by atoms with Crippen LogP contribution in [0.2, 0.25) is 0 Å². The van der Waals surface area contributed by atoms with Crippen molar-refractivity contribution in [1.29, 1.82) is 5.41 Å². The van der Waals surface area contributed by atoms with Crippen LogP contribution in [0.5, 0.6) is 11.5 Å². The van der Waals surface area contributed by atoms with Crippen molar-refractivity contribution in [1.82, 2.24) is 9.63 Å². The maximum atomic E-state index is 12.6. The second-order valence-corrected chi connectivity index (χ2v) is 7.02. The molecule has 0 aliphatic carbocycles. The smallest absolute Gasteiger partial charge is 0.282 e. The van der Waals surface area contributed by atoms with Gasteiger partial charge in [-0.25, -0.2) is 0 Å². The number of aliphatic imine (C=N–C) groups is 1. The molecule has 154 valence electrons. The number of carbonyl (C=O) groups excluding carboxylic acids is 1. The van der Waals surface area contributed by atoms with Crippen molar-refractivity contribution in [3.63, 3.8) is 0 Å². The molecule has 0 unspecified atom stereocenters. The Morgan fingerprint density at radius 1 is 1.13 bits per heavy atom. The summed E-state index contributed by atoms with van der Waals surface area (Å²) < 4.78 is 12.9. The molecule has 1 aromatic heterocycles. The number of ether oxygens (including phenoxy) is 2. The standard InChI is InChI=1S/C22H22N4O4/c1-12-8-15(10-17-21(23)26-20(24-22(17)27)9-13(2)30-26)14(3)25(12)18-11-16(28-4)6-7-19(18)29-5/h6-11,23H,1-5H3/b17-10-,23-21?. The third-order valence-electron chi connectivity index (χ3n) is 5.08. The normalized spacial score (nSPS) is 17.0. The molecule has 1 amide bonds. The van der Waals surface area contributed by atoms with Gasteiger partial charge in [-0.05, 0) is 50.6 Å². The SMILES string of the molecule is COc1ccc(OC)c(-n2c(C)cc(/C=C3/C(=N)N4OC(C)=CC4=NC3=O)c2C)c1. The van der Waals surface area contributed by atoms with Crippen molar-refractivity contribution in [2.75, 3.05) is 14.2 Å². The van der Waals surface area contributed by atoms with E-state index in [2.05, 4.69) is 4.99 Å².